The SMILES string of the molecule is CC(C(=O)Nc1cccc(NC(=O)C(C)c2ccccc2)n1)c1ccccc1. The van der Waals surface area contributed by atoms with Crippen LogP contribution in [0.4, 0.5) is 11.6 Å². The van der Waals surface area contributed by atoms with Gasteiger partial charge in [0.15, 0.2) is 0 Å². The van der Waals surface area contributed by atoms with Gasteiger partial charge in [-0.1, -0.05) is 66.7 Å². The molecule has 0 aliphatic heterocycles. The zero-order valence-electron chi connectivity index (χ0n) is 15.9. The lowest BCUT2D eigenvalue weighted by Gasteiger charge is -2.14. The van der Waals surface area contributed by atoms with Gasteiger partial charge in [-0.3, -0.25) is 9.59 Å². The fraction of sp³-hybridized carbons (Fsp3) is 0.174. The van der Waals surface area contributed by atoms with Crippen molar-refractivity contribution < 1.29 is 9.59 Å². The molecule has 1 heterocycles. The van der Waals surface area contributed by atoms with Gasteiger partial charge >= 0.3 is 0 Å². The summed E-state index contributed by atoms with van der Waals surface area (Å²) in [5.41, 5.74) is 1.86. The van der Waals surface area contributed by atoms with Crippen LogP contribution in [0.3, 0.4) is 0 Å². The summed E-state index contributed by atoms with van der Waals surface area (Å²) in [6, 6.07) is 24.3. The van der Waals surface area contributed by atoms with Crippen molar-refractivity contribution in [2.45, 2.75) is 25.7 Å². The summed E-state index contributed by atoms with van der Waals surface area (Å²) < 4.78 is 0. The van der Waals surface area contributed by atoms with Crippen LogP contribution in [0, 0.1) is 0 Å². The summed E-state index contributed by atoms with van der Waals surface area (Å²) in [7, 11) is 0. The van der Waals surface area contributed by atoms with E-state index in [-0.39, 0.29) is 23.7 Å². The van der Waals surface area contributed by atoms with Crippen molar-refractivity contribution in [3.05, 3.63) is 90.0 Å². The monoisotopic (exact) mass is 373 g/mol. The van der Waals surface area contributed by atoms with Crippen LogP contribution in [-0.4, -0.2) is 16.8 Å². The Bertz CT molecular complexity index is 868. The third kappa shape index (κ3) is 4.82. The Hall–Kier alpha value is -3.47. The summed E-state index contributed by atoms with van der Waals surface area (Å²) >= 11 is 0. The standard InChI is InChI=1S/C23H23N3O2/c1-16(18-10-5-3-6-11-18)22(27)25-20-14-9-15-21(24-20)26-23(28)17(2)19-12-7-4-8-13-19/h3-17H,1-2H3,(H2,24,25,26,27,28). The number of nitrogens with zero attached hydrogens (tertiary/aromatic N) is 1. The predicted molar refractivity (Wildman–Crippen MR) is 111 cm³/mol. The second kappa shape index (κ2) is 8.95. The molecule has 2 aromatic carbocycles. The fourth-order valence-corrected chi connectivity index (χ4v) is 2.83. The highest BCUT2D eigenvalue weighted by Gasteiger charge is 2.17. The molecule has 3 rings (SSSR count). The lowest BCUT2D eigenvalue weighted by atomic mass is 10.0. The van der Waals surface area contributed by atoms with Crippen molar-refractivity contribution in [3.63, 3.8) is 0 Å². The zero-order valence-corrected chi connectivity index (χ0v) is 15.9. The molecule has 28 heavy (non-hydrogen) atoms. The van der Waals surface area contributed by atoms with E-state index in [0.717, 1.165) is 11.1 Å². The lowest BCUT2D eigenvalue weighted by Crippen LogP contribution is -2.21. The van der Waals surface area contributed by atoms with E-state index in [0.29, 0.717) is 11.6 Å². The van der Waals surface area contributed by atoms with Gasteiger partial charge in [-0.2, -0.15) is 0 Å². The number of hydrogen-bond acceptors (Lipinski definition) is 3. The van der Waals surface area contributed by atoms with Gasteiger partial charge in [0, 0.05) is 0 Å². The maximum absolute atomic E-state index is 12.5. The molecule has 0 fully saturated rings. The van der Waals surface area contributed by atoms with Crippen LogP contribution in [0.5, 0.6) is 0 Å². The summed E-state index contributed by atoms with van der Waals surface area (Å²) in [5, 5.41) is 5.63. The summed E-state index contributed by atoms with van der Waals surface area (Å²) in [4.78, 5) is 29.3. The Morgan fingerprint density at radius 3 is 1.43 bits per heavy atom. The molecule has 2 atom stereocenters. The molecular weight excluding hydrogens is 350 g/mol. The van der Waals surface area contributed by atoms with Crippen molar-refractivity contribution >= 4 is 23.5 Å². The van der Waals surface area contributed by atoms with E-state index in [1.807, 2.05) is 74.5 Å². The first-order valence-electron chi connectivity index (χ1n) is 9.23. The average molecular weight is 373 g/mol. The number of nitrogens with one attached hydrogen (secondary N) is 2. The number of pyridine rings is 1. The molecule has 3 aromatic rings. The molecule has 0 bridgehead atoms. The smallest absolute Gasteiger partial charge is 0.232 e. The molecule has 142 valence electrons. The van der Waals surface area contributed by atoms with E-state index in [1.165, 1.54) is 0 Å². The van der Waals surface area contributed by atoms with Gasteiger partial charge in [0.1, 0.15) is 11.6 Å². The number of rotatable bonds is 6. The Balaban J connectivity index is 1.65. The second-order valence-electron chi connectivity index (χ2n) is 6.65. The minimum Gasteiger partial charge on any atom is -0.310 e. The van der Waals surface area contributed by atoms with E-state index in [4.69, 9.17) is 0 Å². The van der Waals surface area contributed by atoms with E-state index >= 15 is 0 Å². The molecule has 1 aromatic heterocycles. The molecule has 2 N–H and O–H groups in total. The number of benzene rings is 2. The Morgan fingerprint density at radius 1 is 0.643 bits per heavy atom. The molecule has 0 aliphatic rings. The van der Waals surface area contributed by atoms with E-state index in [2.05, 4.69) is 15.6 Å². The highest BCUT2D eigenvalue weighted by atomic mass is 16.2. The highest BCUT2D eigenvalue weighted by Crippen LogP contribution is 2.19. The van der Waals surface area contributed by atoms with Gasteiger partial charge < -0.3 is 10.6 Å². The van der Waals surface area contributed by atoms with Crippen LogP contribution in [-0.2, 0) is 9.59 Å². The minimum absolute atomic E-state index is 0.153. The van der Waals surface area contributed by atoms with Crippen LogP contribution < -0.4 is 10.6 Å². The summed E-state index contributed by atoms with van der Waals surface area (Å²) in [6.45, 7) is 3.69. The number of carbonyl (C=O) groups is 2. The van der Waals surface area contributed by atoms with Crippen LogP contribution in [0.2, 0.25) is 0 Å². The van der Waals surface area contributed by atoms with Crippen molar-refractivity contribution in [1.82, 2.24) is 4.98 Å². The number of carbonyl (C=O) groups excluding carboxylic acids is 2. The van der Waals surface area contributed by atoms with Gasteiger partial charge in [-0.25, -0.2) is 4.98 Å². The molecule has 5 heteroatoms. The highest BCUT2D eigenvalue weighted by molar-refractivity contribution is 5.96. The Morgan fingerprint density at radius 2 is 1.04 bits per heavy atom. The largest absolute Gasteiger partial charge is 0.310 e. The second-order valence-corrected chi connectivity index (χ2v) is 6.65. The normalized spacial score (nSPS) is 12.6. The Labute approximate surface area is 164 Å². The van der Waals surface area contributed by atoms with Crippen LogP contribution in [0.15, 0.2) is 78.9 Å². The van der Waals surface area contributed by atoms with Crippen molar-refractivity contribution in [3.8, 4) is 0 Å². The first kappa shape index (κ1) is 19.3. The maximum Gasteiger partial charge on any atom is 0.232 e. The van der Waals surface area contributed by atoms with E-state index in [1.54, 1.807) is 18.2 Å². The maximum atomic E-state index is 12.5. The van der Waals surface area contributed by atoms with Crippen molar-refractivity contribution in [1.29, 1.82) is 0 Å². The number of hydrogen-bond donors (Lipinski definition) is 2. The number of amides is 2. The Kier molecular flexibility index (Phi) is 6.17. The molecule has 0 radical (unpaired) electrons. The molecule has 5 nitrogen and oxygen atoms in total. The first-order valence-corrected chi connectivity index (χ1v) is 9.23. The topological polar surface area (TPSA) is 71.1 Å². The first-order chi connectivity index (χ1) is 13.5. The minimum atomic E-state index is -0.306. The summed E-state index contributed by atoms with van der Waals surface area (Å²) in [6.07, 6.45) is 0. The predicted octanol–water partition coefficient (Wildman–Crippen LogP) is 4.57. The molecule has 0 saturated heterocycles. The summed E-state index contributed by atoms with van der Waals surface area (Å²) in [5.74, 6) is -0.116. The molecule has 0 spiro atoms. The molecule has 0 saturated carbocycles. The van der Waals surface area contributed by atoms with Crippen molar-refractivity contribution in [2.75, 3.05) is 10.6 Å². The lowest BCUT2D eigenvalue weighted by molar-refractivity contribution is -0.118. The quantitative estimate of drug-likeness (QED) is 0.665. The van der Waals surface area contributed by atoms with E-state index in [9.17, 15) is 9.59 Å². The van der Waals surface area contributed by atoms with E-state index < -0.39 is 0 Å². The third-order valence-electron chi connectivity index (χ3n) is 4.64. The zero-order chi connectivity index (χ0) is 19.9. The fourth-order valence-electron chi connectivity index (χ4n) is 2.83. The average Bonchev–Trinajstić information content (AvgIpc) is 2.74. The van der Waals surface area contributed by atoms with Gasteiger partial charge in [-0.15, -0.1) is 0 Å². The molecule has 2 amide bonds. The van der Waals surface area contributed by atoms with Crippen LogP contribution in [0.25, 0.3) is 0 Å². The van der Waals surface area contributed by atoms with Crippen LogP contribution >= 0.6 is 0 Å². The molecule has 0 aliphatic carbocycles. The van der Waals surface area contributed by atoms with Crippen molar-refractivity contribution in [2.24, 2.45) is 0 Å². The number of aromatic nitrogens is 1. The molecular formula is C23H23N3O2. The van der Waals surface area contributed by atoms with Crippen LogP contribution in [0.1, 0.15) is 36.8 Å². The molecule has 2 unspecified atom stereocenters. The van der Waals surface area contributed by atoms with Gasteiger partial charge in [0.05, 0.1) is 11.8 Å². The van der Waals surface area contributed by atoms with Gasteiger partial charge in [0.2, 0.25) is 11.8 Å². The third-order valence-corrected chi connectivity index (χ3v) is 4.64. The van der Waals surface area contributed by atoms with Gasteiger partial charge in [0.25, 0.3) is 0 Å². The number of anilines is 2. The van der Waals surface area contributed by atoms with Gasteiger partial charge in [-0.05, 0) is 37.1 Å².